The van der Waals surface area contributed by atoms with E-state index in [4.69, 9.17) is 0 Å². The van der Waals surface area contributed by atoms with Crippen LogP contribution in [0.5, 0.6) is 0 Å². The molecular weight excluding hydrogens is 515 g/mol. The van der Waals surface area contributed by atoms with E-state index in [2.05, 4.69) is 15.5 Å². The first-order valence-electron chi connectivity index (χ1n) is 13.9. The Morgan fingerprint density at radius 3 is 2.08 bits per heavy atom. The molecule has 3 aromatic rings. The van der Waals surface area contributed by atoms with Crippen LogP contribution in [0.4, 0.5) is 18.9 Å². The Hall–Kier alpha value is -3.65. The number of nitrogens with one attached hydrogen (secondary N) is 2. The molecule has 2 N–H and O–H groups in total. The molecule has 5 nitrogen and oxygen atoms in total. The van der Waals surface area contributed by atoms with Crippen LogP contribution in [0.25, 0.3) is 0 Å². The van der Waals surface area contributed by atoms with Gasteiger partial charge in [0.05, 0.1) is 11.6 Å². The molecule has 0 bridgehead atoms. The Morgan fingerprint density at radius 1 is 0.900 bits per heavy atom. The summed E-state index contributed by atoms with van der Waals surface area (Å²) in [5.74, 6) is -1.95. The lowest BCUT2D eigenvalue weighted by molar-refractivity contribution is -0.121. The van der Waals surface area contributed by atoms with Gasteiger partial charge in [-0.05, 0) is 104 Å². The SMILES string of the molecule is CCCC(=O)Nc1cc(C2CCN(CCCNC(=O)C(c3ccc(F)cc3)c3ccc(F)cc3)CC2)ccc1F. The molecular formula is C32H36F3N3O2. The van der Waals surface area contributed by atoms with Crippen LogP contribution < -0.4 is 10.6 Å². The monoisotopic (exact) mass is 551 g/mol. The maximum atomic E-state index is 14.2. The van der Waals surface area contributed by atoms with Crippen LogP contribution in [0.15, 0.2) is 66.7 Å². The third kappa shape index (κ3) is 7.94. The van der Waals surface area contributed by atoms with Crippen molar-refractivity contribution in [3.63, 3.8) is 0 Å². The highest BCUT2D eigenvalue weighted by Crippen LogP contribution is 2.31. The molecule has 1 aliphatic rings. The van der Waals surface area contributed by atoms with Gasteiger partial charge in [-0.3, -0.25) is 9.59 Å². The number of hydrogen-bond acceptors (Lipinski definition) is 3. The average molecular weight is 552 g/mol. The minimum absolute atomic E-state index is 0.179. The molecule has 4 rings (SSSR count). The summed E-state index contributed by atoms with van der Waals surface area (Å²) in [7, 11) is 0. The number of likely N-dealkylation sites (tertiary alicyclic amines) is 1. The Balaban J connectivity index is 1.26. The van der Waals surface area contributed by atoms with E-state index in [0.29, 0.717) is 36.4 Å². The molecule has 1 saturated heterocycles. The Morgan fingerprint density at radius 2 is 1.50 bits per heavy atom. The maximum absolute atomic E-state index is 14.2. The largest absolute Gasteiger partial charge is 0.355 e. The molecule has 0 radical (unpaired) electrons. The van der Waals surface area contributed by atoms with Gasteiger partial charge in [0, 0.05) is 13.0 Å². The number of hydrogen-bond donors (Lipinski definition) is 2. The van der Waals surface area contributed by atoms with Gasteiger partial charge in [-0.1, -0.05) is 37.3 Å². The Bertz CT molecular complexity index is 1230. The molecule has 0 spiro atoms. The van der Waals surface area contributed by atoms with E-state index in [1.54, 1.807) is 36.4 Å². The van der Waals surface area contributed by atoms with Crippen molar-refractivity contribution in [1.29, 1.82) is 0 Å². The number of carbonyl (C=O) groups is 2. The van der Waals surface area contributed by atoms with Crippen molar-refractivity contribution in [2.24, 2.45) is 0 Å². The first-order valence-corrected chi connectivity index (χ1v) is 13.9. The molecule has 0 atom stereocenters. The van der Waals surface area contributed by atoms with E-state index >= 15 is 0 Å². The molecule has 0 aromatic heterocycles. The third-order valence-corrected chi connectivity index (χ3v) is 7.42. The van der Waals surface area contributed by atoms with Crippen LogP contribution in [0, 0.1) is 17.5 Å². The summed E-state index contributed by atoms with van der Waals surface area (Å²) in [6.45, 7) is 5.00. The zero-order valence-corrected chi connectivity index (χ0v) is 22.8. The first-order chi connectivity index (χ1) is 19.3. The number of halogens is 3. The molecule has 3 aromatic carbocycles. The van der Waals surface area contributed by atoms with Gasteiger partial charge in [-0.2, -0.15) is 0 Å². The summed E-state index contributed by atoms with van der Waals surface area (Å²) in [5, 5.41) is 5.68. The molecule has 212 valence electrons. The van der Waals surface area contributed by atoms with Crippen LogP contribution in [0.2, 0.25) is 0 Å². The Kier molecular flexibility index (Phi) is 10.4. The van der Waals surface area contributed by atoms with Crippen molar-refractivity contribution in [2.75, 3.05) is 31.5 Å². The van der Waals surface area contributed by atoms with E-state index in [-0.39, 0.29) is 29.1 Å². The molecule has 0 aliphatic carbocycles. The van der Waals surface area contributed by atoms with E-state index in [1.165, 1.54) is 30.3 Å². The van der Waals surface area contributed by atoms with Gasteiger partial charge in [0.25, 0.3) is 0 Å². The lowest BCUT2D eigenvalue weighted by atomic mass is 9.89. The quantitative estimate of drug-likeness (QED) is 0.273. The van der Waals surface area contributed by atoms with E-state index < -0.39 is 11.7 Å². The molecule has 8 heteroatoms. The van der Waals surface area contributed by atoms with Crippen molar-refractivity contribution in [1.82, 2.24) is 10.2 Å². The smallest absolute Gasteiger partial charge is 0.232 e. The minimum Gasteiger partial charge on any atom is -0.355 e. The highest BCUT2D eigenvalue weighted by Gasteiger charge is 2.24. The highest BCUT2D eigenvalue weighted by molar-refractivity contribution is 5.91. The lowest BCUT2D eigenvalue weighted by Gasteiger charge is -2.32. The van der Waals surface area contributed by atoms with Crippen LogP contribution in [0.1, 0.15) is 67.6 Å². The predicted molar refractivity (Wildman–Crippen MR) is 151 cm³/mol. The summed E-state index contributed by atoms with van der Waals surface area (Å²) in [6, 6.07) is 16.6. The minimum atomic E-state index is -0.663. The van der Waals surface area contributed by atoms with Crippen LogP contribution in [-0.4, -0.2) is 42.9 Å². The normalized spacial score (nSPS) is 14.3. The van der Waals surface area contributed by atoms with Crippen LogP contribution in [0.3, 0.4) is 0 Å². The van der Waals surface area contributed by atoms with E-state index in [0.717, 1.165) is 44.5 Å². The summed E-state index contributed by atoms with van der Waals surface area (Å²) < 4.78 is 41.2. The van der Waals surface area contributed by atoms with Crippen molar-refractivity contribution in [2.45, 2.75) is 50.9 Å². The van der Waals surface area contributed by atoms with Gasteiger partial charge in [0.1, 0.15) is 17.5 Å². The summed E-state index contributed by atoms with van der Waals surface area (Å²) in [6.07, 6.45) is 3.69. The molecule has 0 unspecified atom stereocenters. The van der Waals surface area contributed by atoms with Crippen molar-refractivity contribution >= 4 is 17.5 Å². The lowest BCUT2D eigenvalue weighted by Crippen LogP contribution is -2.36. The van der Waals surface area contributed by atoms with E-state index in [9.17, 15) is 22.8 Å². The number of carbonyl (C=O) groups excluding carboxylic acids is 2. The highest BCUT2D eigenvalue weighted by atomic mass is 19.1. The fourth-order valence-electron chi connectivity index (χ4n) is 5.24. The standard InChI is InChI=1S/C32H36F3N3O2/c1-2-4-30(39)37-29-21-25(9-14-28(29)35)22-15-19-38(20-16-22)18-3-17-36-32(40)31(23-5-10-26(33)11-6-23)24-7-12-27(34)13-8-24/h5-14,21-22,31H,2-4,15-20H2,1H3,(H,36,40)(H,37,39). The third-order valence-electron chi connectivity index (χ3n) is 7.42. The number of piperidine rings is 1. The van der Waals surface area contributed by atoms with Gasteiger partial charge >= 0.3 is 0 Å². The van der Waals surface area contributed by atoms with Gasteiger partial charge in [0.2, 0.25) is 11.8 Å². The molecule has 2 amide bonds. The van der Waals surface area contributed by atoms with Crippen molar-refractivity contribution < 1.29 is 22.8 Å². The number of nitrogens with zero attached hydrogens (tertiary/aromatic N) is 1. The predicted octanol–water partition coefficient (Wildman–Crippen LogP) is 6.36. The van der Waals surface area contributed by atoms with Crippen LogP contribution in [-0.2, 0) is 9.59 Å². The Labute approximate surface area is 233 Å². The van der Waals surface area contributed by atoms with Crippen molar-refractivity contribution in [3.05, 3.63) is 101 Å². The second kappa shape index (κ2) is 14.1. The second-order valence-electron chi connectivity index (χ2n) is 10.3. The zero-order valence-electron chi connectivity index (χ0n) is 22.8. The number of rotatable bonds is 11. The maximum Gasteiger partial charge on any atom is 0.232 e. The van der Waals surface area contributed by atoms with Gasteiger partial charge < -0.3 is 15.5 Å². The fraction of sp³-hybridized carbons (Fsp3) is 0.375. The van der Waals surface area contributed by atoms with Gasteiger partial charge in [-0.25, -0.2) is 13.2 Å². The van der Waals surface area contributed by atoms with Gasteiger partial charge in [0.15, 0.2) is 0 Å². The second-order valence-corrected chi connectivity index (χ2v) is 10.3. The van der Waals surface area contributed by atoms with Crippen molar-refractivity contribution in [3.8, 4) is 0 Å². The number of benzene rings is 3. The number of anilines is 1. The summed E-state index contributed by atoms with van der Waals surface area (Å²) in [5.41, 5.74) is 2.56. The first kappa shape index (κ1) is 29.3. The summed E-state index contributed by atoms with van der Waals surface area (Å²) >= 11 is 0. The topological polar surface area (TPSA) is 61.4 Å². The number of amides is 2. The van der Waals surface area contributed by atoms with Gasteiger partial charge in [-0.15, -0.1) is 0 Å². The van der Waals surface area contributed by atoms with E-state index in [1.807, 2.05) is 6.92 Å². The average Bonchev–Trinajstić information content (AvgIpc) is 2.95. The molecule has 1 fully saturated rings. The van der Waals surface area contributed by atoms with Crippen LogP contribution >= 0.6 is 0 Å². The fourth-order valence-corrected chi connectivity index (χ4v) is 5.24. The molecule has 0 saturated carbocycles. The molecule has 1 heterocycles. The zero-order chi connectivity index (χ0) is 28.5. The molecule has 1 aliphatic heterocycles. The molecule has 40 heavy (non-hydrogen) atoms. The summed E-state index contributed by atoms with van der Waals surface area (Å²) in [4.78, 5) is 27.4.